The number of hydrogen-bond acceptors (Lipinski definition) is 1. The largest absolute Gasteiger partial charge is 0.449 e. The Morgan fingerprint density at radius 1 is 1.25 bits per heavy atom. The second kappa shape index (κ2) is 2.33. The van der Waals surface area contributed by atoms with Crippen molar-refractivity contribution in [3.63, 3.8) is 0 Å². The minimum Gasteiger partial charge on any atom is -0.449 e. The molecule has 0 amide bonds. The van der Waals surface area contributed by atoms with Gasteiger partial charge >= 0.3 is 0 Å². The van der Waals surface area contributed by atoms with Gasteiger partial charge in [-0.2, -0.15) is 0 Å². The van der Waals surface area contributed by atoms with E-state index in [1.165, 1.54) is 12.8 Å². The number of rotatable bonds is 1. The van der Waals surface area contributed by atoms with E-state index in [0.29, 0.717) is 0 Å². The van der Waals surface area contributed by atoms with Gasteiger partial charge in [0.15, 0.2) is 8.32 Å². The molecule has 1 fully saturated rings. The Balaban J connectivity index is 2.27. The predicted octanol–water partition coefficient (Wildman–Crippen LogP) is 2.84. The van der Waals surface area contributed by atoms with Crippen LogP contribution < -0.4 is 0 Å². The van der Waals surface area contributed by atoms with Gasteiger partial charge < -0.3 is 4.12 Å². The molecule has 0 N–H and O–H groups in total. The van der Waals surface area contributed by atoms with Gasteiger partial charge in [0, 0.05) is 0 Å². The molecule has 0 radical (unpaired) electrons. The molecule has 0 bridgehead atoms. The van der Waals surface area contributed by atoms with Gasteiger partial charge in [-0.3, -0.25) is 0 Å². The van der Waals surface area contributed by atoms with Gasteiger partial charge in [-0.05, 0) is 44.9 Å². The van der Waals surface area contributed by atoms with Crippen molar-refractivity contribution in [3.05, 3.63) is 10.9 Å². The summed E-state index contributed by atoms with van der Waals surface area (Å²) < 4.78 is 6.24. The Bertz CT molecular complexity index is 239. The smallest absolute Gasteiger partial charge is 0.201 e. The molecule has 0 atom stereocenters. The zero-order valence-electron chi connectivity index (χ0n) is 8.48. The van der Waals surface area contributed by atoms with Gasteiger partial charge in [0.1, 0.15) is 0 Å². The normalized spacial score (nSPS) is 31.8. The summed E-state index contributed by atoms with van der Waals surface area (Å²) in [5, 5.41) is 1.74. The Labute approximate surface area is 77.1 Å². The summed E-state index contributed by atoms with van der Waals surface area (Å²) in [4.78, 5) is 0. The third kappa shape index (κ3) is 1.45. The summed E-state index contributed by atoms with van der Waals surface area (Å²) in [6.45, 7) is 9.35. The number of allylic oxidation sites excluding steroid dienone is 1. The number of hydrogen-bond donors (Lipinski definition) is 0. The summed E-state index contributed by atoms with van der Waals surface area (Å²) in [7, 11) is -2.74. The first-order valence-corrected chi connectivity index (χ1v) is 10.7. The van der Waals surface area contributed by atoms with E-state index in [9.17, 15) is 0 Å². The van der Waals surface area contributed by atoms with Crippen LogP contribution in [-0.2, 0) is 4.12 Å². The summed E-state index contributed by atoms with van der Waals surface area (Å²) >= 11 is 0. The first-order chi connectivity index (χ1) is 5.41. The highest BCUT2D eigenvalue weighted by atomic mass is 28.4. The molecule has 1 saturated carbocycles. The Hall–Kier alpha value is 0.134. The van der Waals surface area contributed by atoms with Gasteiger partial charge in [-0.25, -0.2) is 0 Å². The molecule has 0 aromatic rings. The third-order valence-electron chi connectivity index (χ3n) is 2.73. The van der Waals surface area contributed by atoms with Crippen molar-refractivity contribution in [3.8, 4) is 0 Å². The predicted molar refractivity (Wildman–Crippen MR) is 56.9 cm³/mol. The van der Waals surface area contributed by atoms with Crippen LogP contribution in [0.3, 0.4) is 0 Å². The van der Waals surface area contributed by atoms with E-state index in [1.54, 1.807) is 5.20 Å². The summed E-state index contributed by atoms with van der Waals surface area (Å²) in [6, 6.07) is 0. The molecule has 1 aliphatic carbocycles. The standard InChI is InChI=1S/C9H18OSi2/c1-11(2)7-9(8-5-6-8)12(3,4)10-11/h7-8H,5-6H2,1-4H3. The maximum absolute atomic E-state index is 6.24. The molecule has 1 heterocycles. The molecule has 1 aliphatic heterocycles. The van der Waals surface area contributed by atoms with Crippen molar-refractivity contribution in [2.45, 2.75) is 39.0 Å². The second-order valence-corrected chi connectivity index (χ2v) is 13.0. The molecular formula is C9H18OSi2. The lowest BCUT2D eigenvalue weighted by Crippen LogP contribution is -2.37. The minimum absolute atomic E-state index is 0.931. The van der Waals surface area contributed by atoms with E-state index in [1.807, 2.05) is 0 Å². The molecule has 12 heavy (non-hydrogen) atoms. The molecule has 68 valence electrons. The quantitative estimate of drug-likeness (QED) is 0.589. The highest BCUT2D eigenvalue weighted by molar-refractivity contribution is 6.95. The molecule has 2 aliphatic rings. The fraction of sp³-hybridized carbons (Fsp3) is 0.778. The van der Waals surface area contributed by atoms with Crippen LogP contribution >= 0.6 is 0 Å². The highest BCUT2D eigenvalue weighted by Gasteiger charge is 2.47. The lowest BCUT2D eigenvalue weighted by atomic mass is 10.4. The van der Waals surface area contributed by atoms with Crippen LogP contribution in [0.1, 0.15) is 12.8 Å². The van der Waals surface area contributed by atoms with Gasteiger partial charge in [-0.1, -0.05) is 10.9 Å². The van der Waals surface area contributed by atoms with Crippen LogP contribution in [0, 0.1) is 5.92 Å². The first-order valence-electron chi connectivity index (χ1n) is 4.84. The third-order valence-corrected chi connectivity index (χ3v) is 10.1. The van der Waals surface area contributed by atoms with Crippen LogP contribution in [-0.4, -0.2) is 16.6 Å². The topological polar surface area (TPSA) is 9.23 Å². The van der Waals surface area contributed by atoms with Gasteiger partial charge in [0.2, 0.25) is 8.32 Å². The molecule has 0 aromatic heterocycles. The molecule has 0 spiro atoms. The van der Waals surface area contributed by atoms with E-state index >= 15 is 0 Å². The Morgan fingerprint density at radius 3 is 2.17 bits per heavy atom. The summed E-state index contributed by atoms with van der Waals surface area (Å²) in [5.41, 5.74) is 2.52. The zero-order valence-corrected chi connectivity index (χ0v) is 10.5. The van der Waals surface area contributed by atoms with Crippen molar-refractivity contribution in [2.24, 2.45) is 5.92 Å². The van der Waals surface area contributed by atoms with E-state index in [2.05, 4.69) is 31.9 Å². The second-order valence-electron chi connectivity index (χ2n) is 5.09. The molecule has 0 saturated heterocycles. The fourth-order valence-corrected chi connectivity index (χ4v) is 13.0. The van der Waals surface area contributed by atoms with Crippen molar-refractivity contribution in [2.75, 3.05) is 0 Å². The maximum Gasteiger partial charge on any atom is 0.201 e. The Morgan fingerprint density at radius 2 is 1.83 bits per heavy atom. The van der Waals surface area contributed by atoms with Crippen LogP contribution in [0.25, 0.3) is 0 Å². The van der Waals surface area contributed by atoms with E-state index < -0.39 is 16.6 Å². The lowest BCUT2D eigenvalue weighted by molar-refractivity contribution is 0.575. The molecule has 1 nitrogen and oxygen atoms in total. The average Bonchev–Trinajstić information content (AvgIpc) is 2.57. The van der Waals surface area contributed by atoms with Gasteiger partial charge in [0.25, 0.3) is 0 Å². The lowest BCUT2D eigenvalue weighted by Gasteiger charge is -2.24. The summed E-state index contributed by atoms with van der Waals surface area (Å²) in [6.07, 6.45) is 2.85. The average molecular weight is 198 g/mol. The maximum atomic E-state index is 6.24. The Kier molecular flexibility index (Phi) is 1.70. The van der Waals surface area contributed by atoms with Crippen LogP contribution in [0.4, 0.5) is 0 Å². The van der Waals surface area contributed by atoms with E-state index in [4.69, 9.17) is 4.12 Å². The van der Waals surface area contributed by atoms with Crippen LogP contribution in [0.2, 0.25) is 26.2 Å². The zero-order chi connectivity index (χ0) is 8.98. The minimum atomic E-state index is -1.38. The van der Waals surface area contributed by atoms with Gasteiger partial charge in [-0.15, -0.1) is 0 Å². The van der Waals surface area contributed by atoms with Crippen LogP contribution in [0.5, 0.6) is 0 Å². The first kappa shape index (κ1) is 8.72. The molecule has 0 aromatic carbocycles. The van der Waals surface area contributed by atoms with Gasteiger partial charge in [0.05, 0.1) is 0 Å². The molecular weight excluding hydrogens is 180 g/mol. The van der Waals surface area contributed by atoms with Crippen molar-refractivity contribution < 1.29 is 4.12 Å². The highest BCUT2D eigenvalue weighted by Crippen LogP contribution is 2.45. The summed E-state index contributed by atoms with van der Waals surface area (Å²) in [5.74, 6) is 0.931. The van der Waals surface area contributed by atoms with Crippen molar-refractivity contribution >= 4 is 16.6 Å². The van der Waals surface area contributed by atoms with Crippen LogP contribution in [0.15, 0.2) is 10.9 Å². The molecule has 0 unspecified atom stereocenters. The monoisotopic (exact) mass is 198 g/mol. The molecule has 2 rings (SSSR count). The van der Waals surface area contributed by atoms with Crippen molar-refractivity contribution in [1.29, 1.82) is 0 Å². The van der Waals surface area contributed by atoms with Crippen molar-refractivity contribution in [1.82, 2.24) is 0 Å². The SMILES string of the molecule is C[Si]1(C)C=C(C2CC2)[Si](C)(C)O1. The van der Waals surface area contributed by atoms with E-state index in [-0.39, 0.29) is 0 Å². The fourth-order valence-electron chi connectivity index (χ4n) is 2.30. The van der Waals surface area contributed by atoms with E-state index in [0.717, 1.165) is 5.92 Å². The molecule has 3 heteroatoms.